The van der Waals surface area contributed by atoms with Crippen molar-refractivity contribution in [1.29, 1.82) is 0 Å². The normalized spacial score (nSPS) is 13.1. The third-order valence-electron chi connectivity index (χ3n) is 9.22. The van der Waals surface area contributed by atoms with Crippen molar-refractivity contribution in [1.82, 2.24) is 0 Å². The third-order valence-corrected chi connectivity index (χ3v) is 9.22. The summed E-state index contributed by atoms with van der Waals surface area (Å²) in [7, 11) is 0. The molecule has 9 aromatic rings. The van der Waals surface area contributed by atoms with Crippen LogP contribution in [0.15, 0.2) is 162 Å². The second-order valence-electron chi connectivity index (χ2n) is 12.3. The SMILES string of the molecule is [2H]c1c([2H])c([2H])c(-c2c3ccccc3c(-c3ccc(-c4c(-c5cc(C)cc(C)c5)ccc5oc6ccccc6c45)cc3)c3ccccc23)c([2H])c1[2H]. The summed E-state index contributed by atoms with van der Waals surface area (Å²) < 4.78 is 49.2. The van der Waals surface area contributed by atoms with Crippen LogP contribution in [0.3, 0.4) is 0 Å². The topological polar surface area (TPSA) is 13.1 Å². The molecule has 9 rings (SSSR count). The minimum atomic E-state index is -0.399. The predicted octanol–water partition coefficient (Wildman–Crippen LogP) is 13.2. The van der Waals surface area contributed by atoms with Gasteiger partial charge in [-0.3, -0.25) is 0 Å². The van der Waals surface area contributed by atoms with Crippen molar-refractivity contribution in [2.45, 2.75) is 13.8 Å². The Hall–Kier alpha value is -5.92. The minimum absolute atomic E-state index is 0.208. The molecular formula is C46H32O. The second-order valence-corrected chi connectivity index (χ2v) is 12.3. The Bertz CT molecular complexity index is 2810. The number of hydrogen-bond donors (Lipinski definition) is 0. The van der Waals surface area contributed by atoms with Crippen molar-refractivity contribution in [2.75, 3.05) is 0 Å². The van der Waals surface area contributed by atoms with Gasteiger partial charge in [-0.15, -0.1) is 0 Å². The molecule has 0 aliphatic rings. The zero-order valence-corrected chi connectivity index (χ0v) is 26.0. The lowest BCUT2D eigenvalue weighted by atomic mass is 9.85. The highest BCUT2D eigenvalue weighted by atomic mass is 16.3. The van der Waals surface area contributed by atoms with Gasteiger partial charge in [0.15, 0.2) is 0 Å². The van der Waals surface area contributed by atoms with Gasteiger partial charge in [0.25, 0.3) is 0 Å². The Morgan fingerprint density at radius 2 is 0.936 bits per heavy atom. The van der Waals surface area contributed by atoms with Crippen LogP contribution in [0, 0.1) is 13.8 Å². The van der Waals surface area contributed by atoms with E-state index >= 15 is 0 Å². The van der Waals surface area contributed by atoms with E-state index in [1.807, 2.05) is 48.5 Å². The smallest absolute Gasteiger partial charge is 0.136 e. The number of hydrogen-bond acceptors (Lipinski definition) is 1. The van der Waals surface area contributed by atoms with Crippen molar-refractivity contribution in [3.8, 4) is 44.5 Å². The van der Waals surface area contributed by atoms with Gasteiger partial charge in [0.05, 0.1) is 6.85 Å². The van der Waals surface area contributed by atoms with Crippen LogP contribution in [-0.2, 0) is 0 Å². The number of benzene rings is 8. The molecule has 0 saturated carbocycles. The summed E-state index contributed by atoms with van der Waals surface area (Å²) in [6.07, 6.45) is 0. The van der Waals surface area contributed by atoms with Gasteiger partial charge < -0.3 is 4.42 Å². The standard InChI is InChI=1S/C46H32O/c1-29-26-30(2)28-34(27-29)35-24-25-42-46(40-18-10-11-19-41(40)47-42)45(35)33-22-20-32(21-23-33)44-38-16-8-6-14-36(38)43(31-12-4-3-5-13-31)37-15-7-9-17-39(37)44/h3-28H,1-2H3/i3D,4D,5D,12D,13D. The Labute approximate surface area is 281 Å². The van der Waals surface area contributed by atoms with Gasteiger partial charge >= 0.3 is 0 Å². The van der Waals surface area contributed by atoms with E-state index in [1.54, 1.807) is 0 Å². The maximum Gasteiger partial charge on any atom is 0.136 e. The summed E-state index contributed by atoms with van der Waals surface area (Å²) in [4.78, 5) is 0. The van der Waals surface area contributed by atoms with E-state index in [-0.39, 0.29) is 29.7 Å². The summed E-state index contributed by atoms with van der Waals surface area (Å²) in [6.45, 7) is 4.27. The molecule has 1 heteroatoms. The van der Waals surface area contributed by atoms with Gasteiger partial charge in [-0.2, -0.15) is 0 Å². The van der Waals surface area contributed by atoms with Crippen LogP contribution in [0.1, 0.15) is 18.0 Å². The van der Waals surface area contributed by atoms with Crippen LogP contribution in [0.2, 0.25) is 0 Å². The maximum atomic E-state index is 8.87. The van der Waals surface area contributed by atoms with Gasteiger partial charge in [-0.25, -0.2) is 0 Å². The van der Waals surface area contributed by atoms with Gasteiger partial charge in [-0.05, 0) is 86.5 Å². The molecule has 0 aliphatic heterocycles. The minimum Gasteiger partial charge on any atom is -0.456 e. The van der Waals surface area contributed by atoms with Crippen LogP contribution in [0.4, 0.5) is 0 Å². The van der Waals surface area contributed by atoms with Gasteiger partial charge in [0, 0.05) is 16.3 Å². The molecule has 0 radical (unpaired) electrons. The van der Waals surface area contributed by atoms with E-state index in [2.05, 4.69) is 92.7 Å². The highest BCUT2D eigenvalue weighted by Crippen LogP contribution is 2.46. The Morgan fingerprint density at radius 3 is 1.53 bits per heavy atom. The van der Waals surface area contributed by atoms with E-state index in [0.29, 0.717) is 5.56 Å². The maximum absolute atomic E-state index is 8.87. The number of para-hydroxylation sites is 1. The summed E-state index contributed by atoms with van der Waals surface area (Å²) in [5.74, 6) is 0. The summed E-state index contributed by atoms with van der Waals surface area (Å²) in [6, 6.07) is 42.2. The number of aryl methyl sites for hydroxylation is 2. The summed E-state index contributed by atoms with van der Waals surface area (Å²) in [5.41, 5.74) is 11.5. The molecule has 0 aliphatic carbocycles. The lowest BCUT2D eigenvalue weighted by molar-refractivity contribution is 0.669. The van der Waals surface area contributed by atoms with Crippen LogP contribution in [-0.4, -0.2) is 0 Å². The van der Waals surface area contributed by atoms with Crippen LogP contribution in [0.25, 0.3) is 88.0 Å². The first-order chi connectivity index (χ1) is 25.2. The molecule has 222 valence electrons. The van der Waals surface area contributed by atoms with E-state index in [1.165, 1.54) is 11.1 Å². The van der Waals surface area contributed by atoms with Crippen LogP contribution < -0.4 is 0 Å². The van der Waals surface area contributed by atoms with E-state index < -0.39 is 6.04 Å². The molecule has 0 bridgehead atoms. The molecular weight excluding hydrogens is 569 g/mol. The molecule has 1 heterocycles. The Kier molecular flexibility index (Phi) is 5.21. The fourth-order valence-electron chi connectivity index (χ4n) is 7.37. The van der Waals surface area contributed by atoms with Crippen molar-refractivity contribution in [3.05, 3.63) is 169 Å². The fraction of sp³-hybridized carbons (Fsp3) is 0.0435. The van der Waals surface area contributed by atoms with Crippen molar-refractivity contribution < 1.29 is 11.3 Å². The zero-order chi connectivity index (χ0) is 35.8. The quantitative estimate of drug-likeness (QED) is 0.182. The van der Waals surface area contributed by atoms with E-state index in [9.17, 15) is 0 Å². The Morgan fingerprint density at radius 1 is 0.426 bits per heavy atom. The number of furan rings is 1. The third kappa shape index (κ3) is 4.47. The number of fused-ring (bicyclic) bond motifs is 5. The van der Waals surface area contributed by atoms with Crippen molar-refractivity contribution >= 4 is 43.5 Å². The molecule has 0 unspecified atom stereocenters. The summed E-state index contributed by atoms with van der Waals surface area (Å²) in [5, 5.41) is 5.68. The Balaban J connectivity index is 1.31. The van der Waals surface area contributed by atoms with Crippen LogP contribution >= 0.6 is 0 Å². The van der Waals surface area contributed by atoms with E-state index in [4.69, 9.17) is 11.3 Å². The monoisotopic (exact) mass is 605 g/mol. The van der Waals surface area contributed by atoms with Crippen molar-refractivity contribution in [3.63, 3.8) is 0 Å². The largest absolute Gasteiger partial charge is 0.456 e. The average Bonchev–Trinajstić information content (AvgIpc) is 3.54. The van der Waals surface area contributed by atoms with Gasteiger partial charge in [-0.1, -0.05) is 157 Å². The molecule has 0 amide bonds. The molecule has 0 fully saturated rings. The highest BCUT2D eigenvalue weighted by Gasteiger charge is 2.20. The van der Waals surface area contributed by atoms with Gasteiger partial charge in [0.2, 0.25) is 0 Å². The average molecular weight is 606 g/mol. The molecule has 0 N–H and O–H groups in total. The molecule has 8 aromatic carbocycles. The lowest BCUT2D eigenvalue weighted by Crippen LogP contribution is -1.91. The molecule has 0 spiro atoms. The molecule has 1 nitrogen and oxygen atoms in total. The van der Waals surface area contributed by atoms with E-state index in [0.717, 1.165) is 76.9 Å². The molecule has 0 saturated heterocycles. The molecule has 1 aromatic heterocycles. The first kappa shape index (κ1) is 22.6. The summed E-state index contributed by atoms with van der Waals surface area (Å²) >= 11 is 0. The number of rotatable bonds is 4. The van der Waals surface area contributed by atoms with Gasteiger partial charge in [0.1, 0.15) is 11.2 Å². The predicted molar refractivity (Wildman–Crippen MR) is 200 cm³/mol. The molecule has 0 atom stereocenters. The highest BCUT2D eigenvalue weighted by molar-refractivity contribution is 6.21. The first-order valence-electron chi connectivity index (χ1n) is 18.4. The molecule has 47 heavy (non-hydrogen) atoms. The first-order valence-corrected chi connectivity index (χ1v) is 15.9. The second kappa shape index (κ2) is 10.9. The van der Waals surface area contributed by atoms with Crippen molar-refractivity contribution in [2.24, 2.45) is 0 Å². The fourth-order valence-corrected chi connectivity index (χ4v) is 7.37. The lowest BCUT2D eigenvalue weighted by Gasteiger charge is -2.18. The van der Waals surface area contributed by atoms with Crippen LogP contribution in [0.5, 0.6) is 0 Å². The zero-order valence-electron chi connectivity index (χ0n) is 31.0.